The van der Waals surface area contributed by atoms with E-state index in [9.17, 15) is 5.11 Å². The molecule has 1 saturated heterocycles. The topological polar surface area (TPSA) is 38.7 Å². The molecule has 4 heteroatoms. The van der Waals surface area contributed by atoms with E-state index < -0.39 is 0 Å². The van der Waals surface area contributed by atoms with Crippen LogP contribution in [0.2, 0.25) is 0 Å². The van der Waals surface area contributed by atoms with E-state index in [1.807, 2.05) is 0 Å². The molecular formula is C17H32AcO3. The van der Waals surface area contributed by atoms with Crippen LogP contribution < -0.4 is 0 Å². The molecule has 1 aliphatic heterocycles. The summed E-state index contributed by atoms with van der Waals surface area (Å²) in [6, 6.07) is 0. The second-order valence-corrected chi connectivity index (χ2v) is 6.60. The van der Waals surface area contributed by atoms with Gasteiger partial charge in [-0.1, -0.05) is 33.1 Å². The van der Waals surface area contributed by atoms with Crippen LogP contribution in [-0.4, -0.2) is 30.7 Å². The number of ether oxygens (including phenoxy) is 2. The number of rotatable bonds is 8. The molecule has 21 heavy (non-hydrogen) atoms. The molecule has 0 spiro atoms. The summed E-state index contributed by atoms with van der Waals surface area (Å²) < 4.78 is 10.9. The Labute approximate surface area is 166 Å². The molecule has 1 radical (unpaired) electrons. The zero-order valence-corrected chi connectivity index (χ0v) is 18.5. The van der Waals surface area contributed by atoms with E-state index >= 15 is 0 Å². The Morgan fingerprint density at radius 3 is 2.38 bits per heavy atom. The van der Waals surface area contributed by atoms with Gasteiger partial charge in [-0.15, -0.1) is 0 Å². The summed E-state index contributed by atoms with van der Waals surface area (Å²) in [5.74, 6) is 2.14. The fourth-order valence-corrected chi connectivity index (χ4v) is 4.00. The molecule has 0 bridgehead atoms. The van der Waals surface area contributed by atoms with Crippen LogP contribution >= 0.6 is 0 Å². The van der Waals surface area contributed by atoms with Gasteiger partial charge < -0.3 is 14.6 Å². The molecule has 3 nitrogen and oxygen atoms in total. The van der Waals surface area contributed by atoms with E-state index in [1.54, 1.807) is 0 Å². The Morgan fingerprint density at radius 2 is 1.76 bits per heavy atom. The van der Waals surface area contributed by atoms with Crippen LogP contribution in [-0.2, 0) is 9.47 Å². The normalized spacial score (nSPS) is 31.3. The summed E-state index contributed by atoms with van der Waals surface area (Å²) in [5.41, 5.74) is 0. The van der Waals surface area contributed by atoms with Gasteiger partial charge in [0.2, 0.25) is 0 Å². The minimum absolute atomic E-state index is 0. The fourth-order valence-electron chi connectivity index (χ4n) is 4.00. The van der Waals surface area contributed by atoms with Crippen molar-refractivity contribution in [3.8, 4) is 0 Å². The van der Waals surface area contributed by atoms with Crippen LogP contribution in [0.5, 0.6) is 0 Å². The van der Waals surface area contributed by atoms with Crippen molar-refractivity contribution in [2.75, 3.05) is 13.2 Å². The summed E-state index contributed by atoms with van der Waals surface area (Å²) >= 11 is 0. The molecular weight excluding hydrogens is 479 g/mol. The van der Waals surface area contributed by atoms with Crippen molar-refractivity contribution in [2.45, 2.75) is 77.6 Å². The Bertz CT molecular complexity index is 269. The van der Waals surface area contributed by atoms with E-state index in [2.05, 4.69) is 13.8 Å². The van der Waals surface area contributed by atoms with Crippen molar-refractivity contribution < 1.29 is 58.6 Å². The third kappa shape index (κ3) is 6.38. The molecule has 0 aromatic heterocycles. The standard InChI is InChI=1S/C17H32O3.Ac/c1-3-13-11-14(4-2)15(12-13)16(18)7-5-6-8-17-19-9-10-20-17;/h13-18H,3-12H2,1-2H3;. The molecule has 2 aliphatic rings. The Morgan fingerprint density at radius 1 is 1.05 bits per heavy atom. The molecule has 4 atom stereocenters. The molecule has 1 heterocycles. The maximum atomic E-state index is 10.5. The maximum Gasteiger partial charge on any atom is 0.157 e. The molecule has 4 unspecified atom stereocenters. The molecule has 2 rings (SSSR count). The van der Waals surface area contributed by atoms with Crippen molar-refractivity contribution in [2.24, 2.45) is 17.8 Å². The van der Waals surface area contributed by atoms with Gasteiger partial charge in [0, 0.05) is 44.1 Å². The largest absolute Gasteiger partial charge is 0.393 e. The number of hydrogen-bond donors (Lipinski definition) is 1. The van der Waals surface area contributed by atoms with Crippen molar-refractivity contribution >= 4 is 0 Å². The van der Waals surface area contributed by atoms with Gasteiger partial charge >= 0.3 is 0 Å². The molecule has 0 aromatic carbocycles. The van der Waals surface area contributed by atoms with E-state index in [4.69, 9.17) is 9.47 Å². The zero-order valence-electron chi connectivity index (χ0n) is 13.8. The first-order chi connectivity index (χ1) is 9.74. The van der Waals surface area contributed by atoms with Gasteiger partial charge in [-0.2, -0.15) is 0 Å². The predicted molar refractivity (Wildman–Crippen MR) is 80.5 cm³/mol. The summed E-state index contributed by atoms with van der Waals surface area (Å²) in [5, 5.41) is 10.5. The molecule has 1 N–H and O–H groups in total. The van der Waals surface area contributed by atoms with Crippen molar-refractivity contribution in [3.63, 3.8) is 0 Å². The van der Waals surface area contributed by atoms with E-state index in [-0.39, 0.29) is 56.5 Å². The quantitative estimate of drug-likeness (QED) is 0.505. The van der Waals surface area contributed by atoms with Gasteiger partial charge in [0.25, 0.3) is 0 Å². The minimum atomic E-state index is -0.0954. The summed E-state index contributed by atoms with van der Waals surface area (Å²) in [6.45, 7) is 6.04. The van der Waals surface area contributed by atoms with Crippen LogP contribution in [0.15, 0.2) is 0 Å². The third-order valence-corrected chi connectivity index (χ3v) is 5.32. The van der Waals surface area contributed by atoms with Crippen molar-refractivity contribution in [1.82, 2.24) is 0 Å². The number of hydrogen-bond acceptors (Lipinski definition) is 3. The van der Waals surface area contributed by atoms with Crippen LogP contribution in [0, 0.1) is 61.8 Å². The first-order valence-corrected chi connectivity index (χ1v) is 8.65. The van der Waals surface area contributed by atoms with Crippen LogP contribution in [0.3, 0.4) is 0 Å². The Hall–Kier alpha value is 1.32. The summed E-state index contributed by atoms with van der Waals surface area (Å²) in [6.07, 6.45) is 9.11. The van der Waals surface area contributed by atoms with Gasteiger partial charge in [0.05, 0.1) is 19.3 Å². The third-order valence-electron chi connectivity index (χ3n) is 5.32. The molecule has 0 aromatic rings. The average Bonchev–Trinajstić information content (AvgIpc) is 3.11. The molecule has 0 amide bonds. The van der Waals surface area contributed by atoms with Gasteiger partial charge in [-0.05, 0) is 49.9 Å². The SMILES string of the molecule is CCC1CC(CC)C(C(O)CCCCC2OCCO2)C1.[Ac]. The second-order valence-electron chi connectivity index (χ2n) is 6.60. The van der Waals surface area contributed by atoms with E-state index in [0.717, 1.165) is 50.7 Å². The minimum Gasteiger partial charge on any atom is -0.393 e. The van der Waals surface area contributed by atoms with Crippen LogP contribution in [0.1, 0.15) is 65.2 Å². The zero-order chi connectivity index (χ0) is 14.4. The monoisotopic (exact) mass is 511 g/mol. The number of aliphatic hydroxyl groups excluding tert-OH is 1. The predicted octanol–water partition coefficient (Wildman–Crippen LogP) is 3.74. The fraction of sp³-hybridized carbons (Fsp3) is 1.00. The molecule has 2 fully saturated rings. The molecule has 1 saturated carbocycles. The van der Waals surface area contributed by atoms with Crippen molar-refractivity contribution in [3.05, 3.63) is 0 Å². The average molecular weight is 511 g/mol. The number of aliphatic hydroxyl groups is 1. The van der Waals surface area contributed by atoms with Crippen LogP contribution in [0.4, 0.5) is 0 Å². The van der Waals surface area contributed by atoms with Crippen molar-refractivity contribution in [1.29, 1.82) is 0 Å². The smallest absolute Gasteiger partial charge is 0.157 e. The second kappa shape index (κ2) is 11.0. The number of unbranched alkanes of at least 4 members (excludes halogenated alkanes) is 1. The first kappa shape index (κ1) is 20.4. The summed E-state index contributed by atoms with van der Waals surface area (Å²) in [7, 11) is 0. The molecule has 1 aliphatic carbocycles. The van der Waals surface area contributed by atoms with Gasteiger partial charge in [-0.3, -0.25) is 0 Å². The Kier molecular flexibility index (Phi) is 10.6. The maximum absolute atomic E-state index is 10.5. The summed E-state index contributed by atoms with van der Waals surface area (Å²) in [4.78, 5) is 0. The van der Waals surface area contributed by atoms with E-state index in [1.165, 1.54) is 25.7 Å². The Balaban J connectivity index is 0.00000220. The van der Waals surface area contributed by atoms with Gasteiger partial charge in [0.15, 0.2) is 6.29 Å². The van der Waals surface area contributed by atoms with Gasteiger partial charge in [-0.25, -0.2) is 0 Å². The van der Waals surface area contributed by atoms with Gasteiger partial charge in [0.1, 0.15) is 0 Å². The first-order valence-electron chi connectivity index (χ1n) is 8.65. The van der Waals surface area contributed by atoms with Crippen LogP contribution in [0.25, 0.3) is 0 Å². The molecule has 121 valence electrons. The van der Waals surface area contributed by atoms with E-state index in [0.29, 0.717) is 5.92 Å².